The van der Waals surface area contributed by atoms with Gasteiger partial charge < -0.3 is 20.7 Å². The van der Waals surface area contributed by atoms with Crippen LogP contribution < -0.4 is 20.7 Å². The lowest BCUT2D eigenvalue weighted by Gasteiger charge is -2.22. The summed E-state index contributed by atoms with van der Waals surface area (Å²) in [5, 5.41) is 8.40. The molecule has 0 heterocycles. The number of rotatable bonds is 8. The Hall–Kier alpha value is -4.13. The van der Waals surface area contributed by atoms with Crippen LogP contribution in [-0.2, 0) is 4.79 Å². The number of anilines is 2. The number of ether oxygens (including phenoxy) is 1. The molecular weight excluding hydrogens is 418 g/mol. The second-order valence-corrected chi connectivity index (χ2v) is 7.78. The summed E-state index contributed by atoms with van der Waals surface area (Å²) >= 11 is 0. The summed E-state index contributed by atoms with van der Waals surface area (Å²) in [6, 6.07) is 21.6. The Balaban J connectivity index is 1.73. The van der Waals surface area contributed by atoms with Crippen molar-refractivity contribution < 1.29 is 19.1 Å². The van der Waals surface area contributed by atoms with Crippen molar-refractivity contribution in [2.24, 2.45) is 5.92 Å². The molecular formula is C26H27N3O4. The molecule has 3 rings (SSSR count). The van der Waals surface area contributed by atoms with Crippen LogP contribution >= 0.6 is 0 Å². The van der Waals surface area contributed by atoms with Crippen LogP contribution in [0.5, 0.6) is 5.75 Å². The number of para-hydroxylation sites is 1. The van der Waals surface area contributed by atoms with Gasteiger partial charge in [0, 0.05) is 11.3 Å². The van der Waals surface area contributed by atoms with Gasteiger partial charge in [-0.25, -0.2) is 0 Å². The number of nitrogens with one attached hydrogen (secondary N) is 3. The quantitative estimate of drug-likeness (QED) is 0.481. The van der Waals surface area contributed by atoms with Crippen LogP contribution in [0.2, 0.25) is 0 Å². The maximum Gasteiger partial charge on any atom is 0.255 e. The number of hydrogen-bond donors (Lipinski definition) is 3. The molecule has 0 saturated heterocycles. The molecule has 170 valence electrons. The van der Waals surface area contributed by atoms with E-state index >= 15 is 0 Å². The zero-order chi connectivity index (χ0) is 23.8. The summed E-state index contributed by atoms with van der Waals surface area (Å²) in [6.07, 6.45) is 0. The molecule has 33 heavy (non-hydrogen) atoms. The van der Waals surface area contributed by atoms with Crippen molar-refractivity contribution in [3.05, 3.63) is 90.0 Å². The number of methoxy groups -OCH3 is 1. The van der Waals surface area contributed by atoms with Crippen molar-refractivity contribution in [1.29, 1.82) is 0 Å². The third-order valence-electron chi connectivity index (χ3n) is 5.05. The van der Waals surface area contributed by atoms with Gasteiger partial charge in [0.2, 0.25) is 5.91 Å². The molecule has 0 saturated carbocycles. The molecule has 0 unspecified atom stereocenters. The Labute approximate surface area is 193 Å². The van der Waals surface area contributed by atoms with Gasteiger partial charge >= 0.3 is 0 Å². The molecule has 3 aromatic rings. The summed E-state index contributed by atoms with van der Waals surface area (Å²) < 4.78 is 5.13. The van der Waals surface area contributed by atoms with Gasteiger partial charge in [-0.2, -0.15) is 0 Å². The van der Waals surface area contributed by atoms with Crippen molar-refractivity contribution in [1.82, 2.24) is 5.32 Å². The highest BCUT2D eigenvalue weighted by Gasteiger charge is 2.26. The molecule has 7 nitrogen and oxygen atoms in total. The van der Waals surface area contributed by atoms with E-state index in [-0.39, 0.29) is 23.3 Å². The maximum atomic E-state index is 13.1. The summed E-state index contributed by atoms with van der Waals surface area (Å²) in [6.45, 7) is 3.70. The zero-order valence-electron chi connectivity index (χ0n) is 18.8. The molecule has 7 heteroatoms. The van der Waals surface area contributed by atoms with Crippen molar-refractivity contribution in [3.63, 3.8) is 0 Å². The van der Waals surface area contributed by atoms with E-state index in [1.807, 2.05) is 19.9 Å². The molecule has 1 atom stereocenters. The monoisotopic (exact) mass is 445 g/mol. The van der Waals surface area contributed by atoms with Crippen molar-refractivity contribution in [2.75, 3.05) is 17.7 Å². The Morgan fingerprint density at radius 3 is 2.03 bits per heavy atom. The molecule has 0 fully saturated rings. The molecule has 0 aliphatic heterocycles. The molecule has 0 spiro atoms. The summed E-state index contributed by atoms with van der Waals surface area (Å²) in [5.74, 6) is -0.612. The highest BCUT2D eigenvalue weighted by Crippen LogP contribution is 2.19. The highest BCUT2D eigenvalue weighted by molar-refractivity contribution is 6.10. The second kappa shape index (κ2) is 10.9. The van der Waals surface area contributed by atoms with Gasteiger partial charge in [0.15, 0.2) is 0 Å². The molecule has 0 aliphatic rings. The normalized spacial score (nSPS) is 11.4. The van der Waals surface area contributed by atoms with Crippen LogP contribution in [-0.4, -0.2) is 30.9 Å². The Morgan fingerprint density at radius 2 is 1.39 bits per heavy atom. The number of carbonyl (C=O) groups is 3. The first-order chi connectivity index (χ1) is 15.9. The molecule has 3 aromatic carbocycles. The average Bonchev–Trinajstić information content (AvgIpc) is 2.83. The van der Waals surface area contributed by atoms with Gasteiger partial charge in [0.05, 0.1) is 18.4 Å². The van der Waals surface area contributed by atoms with Crippen LogP contribution in [0.4, 0.5) is 11.4 Å². The minimum atomic E-state index is -0.780. The van der Waals surface area contributed by atoms with Gasteiger partial charge in [0.25, 0.3) is 11.8 Å². The van der Waals surface area contributed by atoms with E-state index in [0.29, 0.717) is 22.7 Å². The van der Waals surface area contributed by atoms with Crippen LogP contribution in [0, 0.1) is 5.92 Å². The van der Waals surface area contributed by atoms with Crippen LogP contribution in [0.25, 0.3) is 0 Å². The molecule has 0 bridgehead atoms. The summed E-state index contributed by atoms with van der Waals surface area (Å²) in [7, 11) is 1.57. The lowest BCUT2D eigenvalue weighted by atomic mass is 10.0. The maximum absolute atomic E-state index is 13.1. The molecule has 0 aliphatic carbocycles. The first-order valence-corrected chi connectivity index (χ1v) is 10.6. The smallest absolute Gasteiger partial charge is 0.255 e. The first-order valence-electron chi connectivity index (χ1n) is 10.6. The molecule has 3 N–H and O–H groups in total. The van der Waals surface area contributed by atoms with E-state index in [9.17, 15) is 14.4 Å². The van der Waals surface area contributed by atoms with Crippen LogP contribution in [0.1, 0.15) is 34.6 Å². The van der Waals surface area contributed by atoms with E-state index in [2.05, 4.69) is 16.0 Å². The predicted octanol–water partition coefficient (Wildman–Crippen LogP) is 4.34. The Bertz CT molecular complexity index is 1110. The predicted molar refractivity (Wildman–Crippen MR) is 129 cm³/mol. The number of benzene rings is 3. The third kappa shape index (κ3) is 6.20. The molecule has 3 amide bonds. The number of carbonyl (C=O) groups excluding carboxylic acids is 3. The lowest BCUT2D eigenvalue weighted by Crippen LogP contribution is -2.47. The van der Waals surface area contributed by atoms with Gasteiger partial charge in [0.1, 0.15) is 11.8 Å². The van der Waals surface area contributed by atoms with Crippen LogP contribution in [0.3, 0.4) is 0 Å². The third-order valence-corrected chi connectivity index (χ3v) is 5.05. The van der Waals surface area contributed by atoms with Crippen molar-refractivity contribution in [3.8, 4) is 5.75 Å². The van der Waals surface area contributed by atoms with Gasteiger partial charge in [-0.15, -0.1) is 0 Å². The Morgan fingerprint density at radius 1 is 0.758 bits per heavy atom. The fraction of sp³-hybridized carbons (Fsp3) is 0.192. The largest absolute Gasteiger partial charge is 0.497 e. The fourth-order valence-corrected chi connectivity index (χ4v) is 3.22. The summed E-state index contributed by atoms with van der Waals surface area (Å²) in [4.78, 5) is 38.5. The molecule has 0 radical (unpaired) electrons. The van der Waals surface area contributed by atoms with Gasteiger partial charge in [-0.3, -0.25) is 14.4 Å². The standard InChI is InChI=1S/C26H27N3O4/c1-17(2)23(26(32)27-19-13-15-20(33-3)16-14-19)29-25(31)21-11-7-8-12-22(21)28-24(30)18-9-5-4-6-10-18/h4-17,23H,1-3H3,(H,27,32)(H,28,30)(H,29,31)/t23-/m1/s1. The number of hydrogen-bond acceptors (Lipinski definition) is 4. The van der Waals surface area contributed by atoms with E-state index < -0.39 is 11.9 Å². The first kappa shape index (κ1) is 23.5. The number of amides is 3. The zero-order valence-corrected chi connectivity index (χ0v) is 18.8. The second-order valence-electron chi connectivity index (χ2n) is 7.78. The van der Waals surface area contributed by atoms with E-state index in [4.69, 9.17) is 4.74 Å². The van der Waals surface area contributed by atoms with E-state index in [0.717, 1.165) is 0 Å². The topological polar surface area (TPSA) is 96.5 Å². The molecule has 0 aromatic heterocycles. The minimum Gasteiger partial charge on any atom is -0.497 e. The SMILES string of the molecule is COc1ccc(NC(=O)[C@H](NC(=O)c2ccccc2NC(=O)c2ccccc2)C(C)C)cc1. The van der Waals surface area contributed by atoms with Crippen LogP contribution in [0.15, 0.2) is 78.9 Å². The van der Waals surface area contributed by atoms with E-state index in [1.165, 1.54) is 0 Å². The summed E-state index contributed by atoms with van der Waals surface area (Å²) in [5.41, 5.74) is 1.70. The van der Waals surface area contributed by atoms with Gasteiger partial charge in [-0.05, 0) is 54.4 Å². The highest BCUT2D eigenvalue weighted by atomic mass is 16.5. The minimum absolute atomic E-state index is 0.168. The van der Waals surface area contributed by atoms with E-state index in [1.54, 1.807) is 79.9 Å². The van der Waals surface area contributed by atoms with Crippen molar-refractivity contribution in [2.45, 2.75) is 19.9 Å². The van der Waals surface area contributed by atoms with Gasteiger partial charge in [-0.1, -0.05) is 44.2 Å². The Kier molecular flexibility index (Phi) is 7.81. The van der Waals surface area contributed by atoms with Crippen molar-refractivity contribution >= 4 is 29.1 Å². The average molecular weight is 446 g/mol. The lowest BCUT2D eigenvalue weighted by molar-refractivity contribution is -0.118. The fourth-order valence-electron chi connectivity index (χ4n) is 3.22.